The lowest BCUT2D eigenvalue weighted by Crippen LogP contribution is -2.04. The standard InChI is InChI=1S/C10H8N2O2/c1-7-2-5-14-10(7)9(13)8-6-11-3-4-12-8/h2-6H,1H3. The fourth-order valence-electron chi connectivity index (χ4n) is 1.14. The molecule has 4 heteroatoms. The summed E-state index contributed by atoms with van der Waals surface area (Å²) >= 11 is 0. The number of nitrogens with zero attached hydrogens (tertiary/aromatic N) is 2. The van der Waals surface area contributed by atoms with Gasteiger partial charge in [-0.3, -0.25) is 9.78 Å². The van der Waals surface area contributed by atoms with Crippen LogP contribution in [0.4, 0.5) is 0 Å². The number of rotatable bonds is 2. The summed E-state index contributed by atoms with van der Waals surface area (Å²) in [6, 6.07) is 1.74. The minimum absolute atomic E-state index is 0.236. The number of furan rings is 1. The van der Waals surface area contributed by atoms with Crippen LogP contribution in [0, 0.1) is 6.92 Å². The third kappa shape index (κ3) is 1.42. The van der Waals surface area contributed by atoms with E-state index in [9.17, 15) is 4.79 Å². The molecule has 2 heterocycles. The molecule has 0 aliphatic rings. The number of carbonyl (C=O) groups is 1. The van der Waals surface area contributed by atoms with Crippen LogP contribution in [0.2, 0.25) is 0 Å². The second-order valence-electron chi connectivity index (χ2n) is 2.85. The molecule has 0 aliphatic carbocycles. The van der Waals surface area contributed by atoms with Gasteiger partial charge in [0, 0.05) is 12.4 Å². The van der Waals surface area contributed by atoms with E-state index in [0.717, 1.165) is 5.56 Å². The molecule has 0 spiro atoms. The van der Waals surface area contributed by atoms with Crippen LogP contribution in [0.5, 0.6) is 0 Å². The Kier molecular flexibility index (Phi) is 2.10. The third-order valence-electron chi connectivity index (χ3n) is 1.86. The lowest BCUT2D eigenvalue weighted by Gasteiger charge is -1.96. The Morgan fingerprint density at radius 2 is 2.29 bits per heavy atom. The number of carbonyl (C=O) groups excluding carboxylic acids is 1. The van der Waals surface area contributed by atoms with Crippen molar-refractivity contribution in [2.24, 2.45) is 0 Å². The van der Waals surface area contributed by atoms with Gasteiger partial charge in [0.15, 0.2) is 5.76 Å². The molecule has 0 bridgehead atoms. The molecule has 0 radical (unpaired) electrons. The summed E-state index contributed by atoms with van der Waals surface area (Å²) in [5, 5.41) is 0. The van der Waals surface area contributed by atoms with E-state index in [1.807, 2.05) is 6.92 Å². The largest absolute Gasteiger partial charge is 0.461 e. The Hall–Kier alpha value is -1.97. The number of hydrogen-bond donors (Lipinski definition) is 0. The normalized spacial score (nSPS) is 10.1. The zero-order valence-corrected chi connectivity index (χ0v) is 7.60. The highest BCUT2D eigenvalue weighted by Gasteiger charge is 2.15. The van der Waals surface area contributed by atoms with Crippen LogP contribution in [0.15, 0.2) is 35.3 Å². The second-order valence-corrected chi connectivity index (χ2v) is 2.85. The van der Waals surface area contributed by atoms with Crippen LogP contribution < -0.4 is 0 Å². The molecule has 0 aliphatic heterocycles. The number of aryl methyl sites for hydroxylation is 1. The van der Waals surface area contributed by atoms with E-state index in [1.54, 1.807) is 6.07 Å². The second kappa shape index (κ2) is 3.41. The first-order valence-electron chi connectivity index (χ1n) is 4.14. The predicted octanol–water partition coefficient (Wildman–Crippen LogP) is 1.61. The highest BCUT2D eigenvalue weighted by molar-refractivity contribution is 6.06. The SMILES string of the molecule is Cc1ccoc1C(=O)c1cnccn1. The van der Waals surface area contributed by atoms with E-state index in [-0.39, 0.29) is 5.78 Å². The van der Waals surface area contributed by atoms with Crippen LogP contribution >= 0.6 is 0 Å². The van der Waals surface area contributed by atoms with Gasteiger partial charge in [-0.1, -0.05) is 0 Å². The number of aromatic nitrogens is 2. The van der Waals surface area contributed by atoms with E-state index in [0.29, 0.717) is 11.5 Å². The molecular formula is C10H8N2O2. The molecule has 14 heavy (non-hydrogen) atoms. The quantitative estimate of drug-likeness (QED) is 0.672. The van der Waals surface area contributed by atoms with Gasteiger partial charge in [-0.2, -0.15) is 0 Å². The molecule has 2 aromatic rings. The van der Waals surface area contributed by atoms with Crippen molar-refractivity contribution in [1.82, 2.24) is 9.97 Å². The van der Waals surface area contributed by atoms with Gasteiger partial charge in [0.25, 0.3) is 0 Å². The van der Waals surface area contributed by atoms with Crippen LogP contribution in [0.25, 0.3) is 0 Å². The van der Waals surface area contributed by atoms with Crippen molar-refractivity contribution in [1.29, 1.82) is 0 Å². The van der Waals surface area contributed by atoms with Gasteiger partial charge in [0.2, 0.25) is 5.78 Å². The summed E-state index contributed by atoms with van der Waals surface area (Å²) in [6.45, 7) is 1.81. The lowest BCUT2D eigenvalue weighted by atomic mass is 10.2. The zero-order chi connectivity index (χ0) is 9.97. The maximum atomic E-state index is 11.7. The topological polar surface area (TPSA) is 56.0 Å². The molecule has 0 aromatic carbocycles. The molecule has 0 saturated carbocycles. The molecule has 0 unspecified atom stereocenters. The minimum atomic E-state index is -0.236. The Morgan fingerprint density at radius 3 is 2.86 bits per heavy atom. The fourth-order valence-corrected chi connectivity index (χ4v) is 1.14. The van der Waals surface area contributed by atoms with Crippen molar-refractivity contribution in [3.8, 4) is 0 Å². The first-order chi connectivity index (χ1) is 6.79. The van der Waals surface area contributed by atoms with Gasteiger partial charge in [0.1, 0.15) is 5.69 Å². The Morgan fingerprint density at radius 1 is 1.43 bits per heavy atom. The van der Waals surface area contributed by atoms with Crippen molar-refractivity contribution in [2.75, 3.05) is 0 Å². The fraction of sp³-hybridized carbons (Fsp3) is 0.100. The summed E-state index contributed by atoms with van der Waals surface area (Å²) in [6.07, 6.45) is 5.90. The van der Waals surface area contributed by atoms with E-state index in [2.05, 4.69) is 9.97 Å². The van der Waals surface area contributed by atoms with Gasteiger partial charge in [-0.15, -0.1) is 0 Å². The van der Waals surface area contributed by atoms with E-state index in [4.69, 9.17) is 4.42 Å². The molecule has 2 rings (SSSR count). The molecule has 2 aromatic heterocycles. The van der Waals surface area contributed by atoms with Crippen LogP contribution in [-0.2, 0) is 0 Å². The maximum absolute atomic E-state index is 11.7. The van der Waals surface area contributed by atoms with E-state index in [1.165, 1.54) is 24.9 Å². The number of ketones is 1. The van der Waals surface area contributed by atoms with Crippen LogP contribution in [-0.4, -0.2) is 15.8 Å². The summed E-state index contributed by atoms with van der Waals surface area (Å²) in [5.41, 5.74) is 1.10. The number of hydrogen-bond acceptors (Lipinski definition) is 4. The molecule has 0 amide bonds. The Balaban J connectivity index is 2.39. The first-order valence-corrected chi connectivity index (χ1v) is 4.14. The van der Waals surface area contributed by atoms with Gasteiger partial charge in [-0.25, -0.2) is 4.98 Å². The van der Waals surface area contributed by atoms with Crippen molar-refractivity contribution < 1.29 is 9.21 Å². The van der Waals surface area contributed by atoms with Gasteiger partial charge < -0.3 is 4.42 Å². The maximum Gasteiger partial charge on any atom is 0.248 e. The highest BCUT2D eigenvalue weighted by Crippen LogP contribution is 2.12. The molecule has 70 valence electrons. The first kappa shape index (κ1) is 8.62. The van der Waals surface area contributed by atoms with Crippen molar-refractivity contribution in [2.45, 2.75) is 6.92 Å². The van der Waals surface area contributed by atoms with Crippen LogP contribution in [0.1, 0.15) is 21.8 Å². The molecule has 0 fully saturated rings. The Bertz CT molecular complexity index is 448. The lowest BCUT2D eigenvalue weighted by molar-refractivity contribution is 0.100. The van der Waals surface area contributed by atoms with Crippen molar-refractivity contribution >= 4 is 5.78 Å². The van der Waals surface area contributed by atoms with Crippen molar-refractivity contribution in [3.05, 3.63) is 47.9 Å². The smallest absolute Gasteiger partial charge is 0.248 e. The monoisotopic (exact) mass is 188 g/mol. The summed E-state index contributed by atoms with van der Waals surface area (Å²) < 4.78 is 5.06. The molecule has 0 saturated heterocycles. The van der Waals surface area contributed by atoms with Crippen molar-refractivity contribution in [3.63, 3.8) is 0 Å². The average molecular weight is 188 g/mol. The van der Waals surface area contributed by atoms with Gasteiger partial charge in [0.05, 0.1) is 12.5 Å². The molecule has 4 nitrogen and oxygen atoms in total. The van der Waals surface area contributed by atoms with Crippen LogP contribution in [0.3, 0.4) is 0 Å². The highest BCUT2D eigenvalue weighted by atomic mass is 16.3. The summed E-state index contributed by atoms with van der Waals surface area (Å²) in [4.78, 5) is 19.5. The average Bonchev–Trinajstić information content (AvgIpc) is 2.65. The molecule has 0 atom stereocenters. The molecular weight excluding hydrogens is 180 g/mol. The van der Waals surface area contributed by atoms with Gasteiger partial charge in [-0.05, 0) is 18.6 Å². The summed E-state index contributed by atoms with van der Waals surface area (Å²) in [5.74, 6) is 0.0890. The minimum Gasteiger partial charge on any atom is -0.461 e. The molecule has 0 N–H and O–H groups in total. The summed E-state index contributed by atoms with van der Waals surface area (Å²) in [7, 11) is 0. The van der Waals surface area contributed by atoms with E-state index < -0.39 is 0 Å². The Labute approximate surface area is 80.6 Å². The predicted molar refractivity (Wildman–Crippen MR) is 48.9 cm³/mol. The van der Waals surface area contributed by atoms with E-state index >= 15 is 0 Å². The zero-order valence-electron chi connectivity index (χ0n) is 7.60. The van der Waals surface area contributed by atoms with Gasteiger partial charge >= 0.3 is 0 Å². The third-order valence-corrected chi connectivity index (χ3v) is 1.86.